The van der Waals surface area contributed by atoms with Crippen molar-refractivity contribution in [3.63, 3.8) is 0 Å². The summed E-state index contributed by atoms with van der Waals surface area (Å²) < 4.78 is 0. The van der Waals surface area contributed by atoms with Crippen LogP contribution in [0.25, 0.3) is 0 Å². The Morgan fingerprint density at radius 1 is 1.25 bits per heavy atom. The molecule has 0 aliphatic carbocycles. The van der Waals surface area contributed by atoms with Crippen molar-refractivity contribution in [1.82, 2.24) is 14.9 Å². The molecule has 5 nitrogen and oxygen atoms in total. The first-order valence-electron chi connectivity index (χ1n) is 5.50. The Kier molecular flexibility index (Phi) is 3.67. The summed E-state index contributed by atoms with van der Waals surface area (Å²) in [6.45, 7) is 4.80. The van der Waals surface area contributed by atoms with Gasteiger partial charge in [-0.3, -0.25) is 9.88 Å². The molecule has 0 saturated carbocycles. The Bertz CT molecular complexity index is 350. The zero-order valence-corrected chi connectivity index (χ0v) is 9.21. The van der Waals surface area contributed by atoms with E-state index in [2.05, 4.69) is 25.8 Å². The van der Waals surface area contributed by atoms with Gasteiger partial charge in [-0.2, -0.15) is 5.26 Å². The summed E-state index contributed by atoms with van der Waals surface area (Å²) in [7, 11) is 0. The molecule has 1 aliphatic heterocycles. The van der Waals surface area contributed by atoms with Gasteiger partial charge >= 0.3 is 0 Å². The average Bonchev–Trinajstić information content (AvgIpc) is 2.38. The monoisotopic (exact) mass is 217 g/mol. The Labute approximate surface area is 95.3 Å². The molecule has 0 bridgehead atoms. The lowest BCUT2D eigenvalue weighted by atomic mass is 10.3. The van der Waals surface area contributed by atoms with E-state index in [4.69, 9.17) is 5.26 Å². The van der Waals surface area contributed by atoms with Crippen LogP contribution in [0, 0.1) is 11.3 Å². The second-order valence-electron chi connectivity index (χ2n) is 3.80. The highest BCUT2D eigenvalue weighted by Gasteiger charge is 2.17. The Balaban J connectivity index is 1.84. The van der Waals surface area contributed by atoms with E-state index in [0.29, 0.717) is 6.42 Å². The van der Waals surface area contributed by atoms with Crippen molar-refractivity contribution in [2.45, 2.75) is 6.42 Å². The summed E-state index contributed by atoms with van der Waals surface area (Å²) in [5.41, 5.74) is 0. The molecule has 1 saturated heterocycles. The van der Waals surface area contributed by atoms with Crippen LogP contribution >= 0.6 is 0 Å². The molecule has 16 heavy (non-hydrogen) atoms. The molecule has 84 valence electrons. The molecule has 2 heterocycles. The highest BCUT2D eigenvalue weighted by molar-refractivity contribution is 5.35. The Morgan fingerprint density at radius 3 is 2.69 bits per heavy atom. The highest BCUT2D eigenvalue weighted by Crippen LogP contribution is 2.11. The first-order valence-corrected chi connectivity index (χ1v) is 5.50. The van der Waals surface area contributed by atoms with Crippen molar-refractivity contribution in [3.8, 4) is 6.07 Å². The molecule has 1 aromatic heterocycles. The normalized spacial score (nSPS) is 17.1. The predicted octanol–water partition coefficient (Wildman–Crippen LogP) is 0.512. The van der Waals surface area contributed by atoms with Gasteiger partial charge in [0, 0.05) is 51.5 Å². The third-order valence-electron chi connectivity index (χ3n) is 2.79. The van der Waals surface area contributed by atoms with E-state index in [1.807, 2.05) is 0 Å². The van der Waals surface area contributed by atoms with E-state index < -0.39 is 0 Å². The van der Waals surface area contributed by atoms with Crippen LogP contribution < -0.4 is 4.90 Å². The molecule has 0 aromatic carbocycles. The van der Waals surface area contributed by atoms with Crippen LogP contribution in [0.3, 0.4) is 0 Å². The minimum atomic E-state index is 0.616. The molecule has 1 fully saturated rings. The maximum absolute atomic E-state index is 8.52. The van der Waals surface area contributed by atoms with Crippen LogP contribution in [0.4, 0.5) is 5.82 Å². The number of aromatic nitrogens is 2. The van der Waals surface area contributed by atoms with Gasteiger partial charge < -0.3 is 4.90 Å². The maximum Gasteiger partial charge on any atom is 0.147 e. The van der Waals surface area contributed by atoms with Gasteiger partial charge in [0.15, 0.2) is 0 Å². The minimum absolute atomic E-state index is 0.616. The number of hydrogen-bond donors (Lipinski definition) is 0. The van der Waals surface area contributed by atoms with Gasteiger partial charge in [0.05, 0.1) is 12.3 Å². The van der Waals surface area contributed by atoms with Gasteiger partial charge in [0.2, 0.25) is 0 Å². The van der Waals surface area contributed by atoms with Crippen molar-refractivity contribution in [1.29, 1.82) is 5.26 Å². The molecule has 0 atom stereocenters. The van der Waals surface area contributed by atoms with E-state index in [1.165, 1.54) is 0 Å². The van der Waals surface area contributed by atoms with Crippen molar-refractivity contribution in [2.75, 3.05) is 37.6 Å². The van der Waals surface area contributed by atoms with Crippen LogP contribution in [0.5, 0.6) is 0 Å². The maximum atomic E-state index is 8.52. The van der Waals surface area contributed by atoms with Crippen LogP contribution in [0.15, 0.2) is 18.6 Å². The van der Waals surface area contributed by atoms with E-state index in [-0.39, 0.29) is 0 Å². The lowest BCUT2D eigenvalue weighted by molar-refractivity contribution is 0.263. The predicted molar refractivity (Wildman–Crippen MR) is 60.9 cm³/mol. The van der Waals surface area contributed by atoms with Crippen LogP contribution in [-0.4, -0.2) is 47.6 Å². The molecular formula is C11H15N5. The first-order chi connectivity index (χ1) is 7.90. The molecular weight excluding hydrogens is 202 g/mol. The topological polar surface area (TPSA) is 56.1 Å². The number of piperazine rings is 1. The third-order valence-corrected chi connectivity index (χ3v) is 2.79. The molecule has 0 spiro atoms. The molecule has 2 rings (SSSR count). The zero-order chi connectivity index (χ0) is 11.2. The summed E-state index contributed by atoms with van der Waals surface area (Å²) in [4.78, 5) is 12.9. The number of anilines is 1. The molecule has 0 amide bonds. The highest BCUT2D eigenvalue weighted by atomic mass is 15.3. The summed E-state index contributed by atoms with van der Waals surface area (Å²) in [5.74, 6) is 0.947. The fourth-order valence-corrected chi connectivity index (χ4v) is 1.86. The SMILES string of the molecule is N#CCCN1CCN(c2cnccn2)CC1. The largest absolute Gasteiger partial charge is 0.353 e. The van der Waals surface area contributed by atoms with Crippen molar-refractivity contribution < 1.29 is 0 Å². The van der Waals surface area contributed by atoms with E-state index >= 15 is 0 Å². The van der Waals surface area contributed by atoms with E-state index in [0.717, 1.165) is 38.5 Å². The van der Waals surface area contributed by atoms with Crippen molar-refractivity contribution in [2.24, 2.45) is 0 Å². The molecule has 0 N–H and O–H groups in total. The number of rotatable bonds is 3. The smallest absolute Gasteiger partial charge is 0.147 e. The van der Waals surface area contributed by atoms with Gasteiger partial charge in [0.25, 0.3) is 0 Å². The fraction of sp³-hybridized carbons (Fsp3) is 0.545. The van der Waals surface area contributed by atoms with Crippen LogP contribution in [-0.2, 0) is 0 Å². The Hall–Kier alpha value is -1.67. The second-order valence-corrected chi connectivity index (χ2v) is 3.80. The quantitative estimate of drug-likeness (QED) is 0.738. The first kappa shape index (κ1) is 10.8. The number of hydrogen-bond acceptors (Lipinski definition) is 5. The standard InChI is InChI=1S/C11H15N5/c12-2-1-5-15-6-8-16(9-7-15)11-10-13-3-4-14-11/h3-4,10H,1,5-9H2. The summed E-state index contributed by atoms with van der Waals surface area (Å²) >= 11 is 0. The summed E-state index contributed by atoms with van der Waals surface area (Å²) in [6.07, 6.45) is 5.82. The van der Waals surface area contributed by atoms with E-state index in [1.54, 1.807) is 18.6 Å². The molecule has 1 aromatic rings. The summed E-state index contributed by atoms with van der Waals surface area (Å²) in [5, 5.41) is 8.52. The van der Waals surface area contributed by atoms with Crippen LogP contribution in [0.2, 0.25) is 0 Å². The molecule has 5 heteroatoms. The average molecular weight is 217 g/mol. The van der Waals surface area contributed by atoms with Gasteiger partial charge in [-0.05, 0) is 0 Å². The lowest BCUT2D eigenvalue weighted by Gasteiger charge is -2.34. The fourth-order valence-electron chi connectivity index (χ4n) is 1.86. The van der Waals surface area contributed by atoms with Gasteiger partial charge in [-0.25, -0.2) is 4.98 Å². The number of nitrogens with zero attached hydrogens (tertiary/aromatic N) is 5. The Morgan fingerprint density at radius 2 is 2.06 bits per heavy atom. The third kappa shape index (κ3) is 2.67. The van der Waals surface area contributed by atoms with Crippen LogP contribution in [0.1, 0.15) is 6.42 Å². The van der Waals surface area contributed by atoms with Crippen molar-refractivity contribution >= 4 is 5.82 Å². The van der Waals surface area contributed by atoms with Crippen molar-refractivity contribution in [3.05, 3.63) is 18.6 Å². The zero-order valence-electron chi connectivity index (χ0n) is 9.21. The van der Waals surface area contributed by atoms with E-state index in [9.17, 15) is 0 Å². The van der Waals surface area contributed by atoms with Gasteiger partial charge in [-0.15, -0.1) is 0 Å². The number of nitriles is 1. The second kappa shape index (κ2) is 5.42. The molecule has 1 aliphatic rings. The van der Waals surface area contributed by atoms with Gasteiger partial charge in [0.1, 0.15) is 5.82 Å². The molecule has 0 unspecified atom stereocenters. The molecule has 0 radical (unpaired) electrons. The minimum Gasteiger partial charge on any atom is -0.353 e. The lowest BCUT2D eigenvalue weighted by Crippen LogP contribution is -2.46. The summed E-state index contributed by atoms with van der Waals surface area (Å²) in [6, 6.07) is 2.18. The van der Waals surface area contributed by atoms with Gasteiger partial charge in [-0.1, -0.05) is 0 Å².